The molecule has 4 unspecified atom stereocenters. The number of carbonyl (C=O) groups excluding carboxylic acids is 2. The minimum atomic E-state index is 0.182. The second-order valence-corrected chi connectivity index (χ2v) is 11.8. The van der Waals surface area contributed by atoms with Gasteiger partial charge in [0.2, 0.25) is 11.8 Å². The summed E-state index contributed by atoms with van der Waals surface area (Å²) in [7, 11) is 0. The van der Waals surface area contributed by atoms with Crippen LogP contribution in [0.25, 0.3) is 0 Å². The first kappa shape index (κ1) is 19.9. The van der Waals surface area contributed by atoms with Crippen molar-refractivity contribution in [2.75, 3.05) is 0 Å². The number of amides is 2. The van der Waals surface area contributed by atoms with Crippen LogP contribution in [0.4, 0.5) is 0 Å². The number of likely N-dealkylation sites (tertiary alicyclic amines) is 1. The highest BCUT2D eigenvalue weighted by atomic mass is 16.2. The van der Waals surface area contributed by atoms with Gasteiger partial charge in [-0.3, -0.25) is 9.59 Å². The molecule has 4 heteroatoms. The SMILES string of the molecule is CC1CCC(C)N1C(=O)C1CC[C@H]2[C@@H]3CCC4NC(=O)CC[C@]4(C)[C@@H]3CC[C@]12C. The van der Waals surface area contributed by atoms with E-state index in [1.54, 1.807) is 0 Å². The van der Waals surface area contributed by atoms with E-state index in [4.69, 9.17) is 0 Å². The third kappa shape index (κ3) is 2.76. The minimum absolute atomic E-state index is 0.182. The lowest BCUT2D eigenvalue weighted by Crippen LogP contribution is -2.61. The van der Waals surface area contributed by atoms with Crippen LogP contribution in [0.2, 0.25) is 0 Å². The quantitative estimate of drug-likeness (QED) is 0.703. The van der Waals surface area contributed by atoms with Gasteiger partial charge in [0.25, 0.3) is 0 Å². The Morgan fingerprint density at radius 1 is 0.897 bits per heavy atom. The number of carbonyl (C=O) groups is 2. The summed E-state index contributed by atoms with van der Waals surface area (Å²) in [6.45, 7) is 9.41. The Labute approximate surface area is 176 Å². The molecule has 5 rings (SSSR count). The molecule has 0 aromatic carbocycles. The molecule has 0 aromatic rings. The molecule has 0 aromatic heterocycles. The van der Waals surface area contributed by atoms with Crippen LogP contribution in [0.5, 0.6) is 0 Å². The van der Waals surface area contributed by atoms with Crippen molar-refractivity contribution in [2.24, 2.45) is 34.5 Å². The van der Waals surface area contributed by atoms with Crippen LogP contribution in [-0.2, 0) is 9.59 Å². The van der Waals surface area contributed by atoms with Crippen LogP contribution in [0.15, 0.2) is 0 Å². The van der Waals surface area contributed by atoms with Crippen molar-refractivity contribution in [3.05, 3.63) is 0 Å². The van der Waals surface area contributed by atoms with Gasteiger partial charge < -0.3 is 10.2 Å². The molecular weight excluding hydrogens is 360 g/mol. The van der Waals surface area contributed by atoms with E-state index >= 15 is 0 Å². The van der Waals surface area contributed by atoms with Crippen molar-refractivity contribution >= 4 is 11.8 Å². The predicted molar refractivity (Wildman–Crippen MR) is 114 cm³/mol. The Hall–Kier alpha value is -1.06. The first-order valence-electron chi connectivity index (χ1n) is 12.4. The van der Waals surface area contributed by atoms with Crippen molar-refractivity contribution in [1.29, 1.82) is 0 Å². The lowest BCUT2D eigenvalue weighted by molar-refractivity contribution is -0.149. The number of hydrogen-bond donors (Lipinski definition) is 1. The average Bonchev–Trinajstić information content (AvgIpc) is 3.20. The molecule has 2 amide bonds. The Morgan fingerprint density at radius 3 is 2.31 bits per heavy atom. The van der Waals surface area contributed by atoms with Gasteiger partial charge >= 0.3 is 0 Å². The van der Waals surface area contributed by atoms with E-state index in [0.717, 1.165) is 43.9 Å². The smallest absolute Gasteiger partial charge is 0.226 e. The third-order valence-electron chi connectivity index (χ3n) is 10.6. The van der Waals surface area contributed by atoms with Crippen LogP contribution in [0, 0.1) is 34.5 Å². The molecule has 5 aliphatic rings. The van der Waals surface area contributed by atoms with Gasteiger partial charge in [-0.2, -0.15) is 0 Å². The van der Waals surface area contributed by atoms with E-state index in [9.17, 15) is 9.59 Å². The van der Waals surface area contributed by atoms with E-state index in [0.29, 0.717) is 36.4 Å². The fourth-order valence-electron chi connectivity index (χ4n) is 8.92. The van der Waals surface area contributed by atoms with Crippen molar-refractivity contribution in [3.63, 3.8) is 0 Å². The van der Waals surface area contributed by atoms with Crippen molar-refractivity contribution in [1.82, 2.24) is 10.2 Å². The van der Waals surface area contributed by atoms with Crippen molar-refractivity contribution < 1.29 is 9.59 Å². The largest absolute Gasteiger partial charge is 0.353 e. The van der Waals surface area contributed by atoms with E-state index in [2.05, 4.69) is 37.9 Å². The van der Waals surface area contributed by atoms with Gasteiger partial charge in [0, 0.05) is 30.5 Å². The van der Waals surface area contributed by atoms with Gasteiger partial charge in [-0.05, 0) is 100 Å². The molecule has 0 radical (unpaired) electrons. The van der Waals surface area contributed by atoms with E-state index in [-0.39, 0.29) is 22.7 Å². The minimum Gasteiger partial charge on any atom is -0.353 e. The second-order valence-electron chi connectivity index (χ2n) is 11.8. The number of fused-ring (bicyclic) bond motifs is 5. The lowest BCUT2D eigenvalue weighted by Gasteiger charge is -2.60. The summed E-state index contributed by atoms with van der Waals surface area (Å²) in [6.07, 6.45) is 11.2. The monoisotopic (exact) mass is 400 g/mol. The first-order chi connectivity index (χ1) is 13.8. The summed E-state index contributed by atoms with van der Waals surface area (Å²) in [6, 6.07) is 1.20. The molecular formula is C25H40N2O2. The van der Waals surface area contributed by atoms with Crippen LogP contribution < -0.4 is 5.32 Å². The maximum Gasteiger partial charge on any atom is 0.226 e. The summed E-state index contributed by atoms with van der Waals surface area (Å²) >= 11 is 0. The number of piperidine rings is 1. The van der Waals surface area contributed by atoms with Crippen LogP contribution in [0.1, 0.15) is 91.9 Å². The zero-order valence-electron chi connectivity index (χ0n) is 18.9. The summed E-state index contributed by atoms with van der Waals surface area (Å²) in [5, 5.41) is 3.34. The fraction of sp³-hybridized carbons (Fsp3) is 0.920. The number of hydrogen-bond acceptors (Lipinski definition) is 2. The van der Waals surface area contributed by atoms with Crippen LogP contribution in [0.3, 0.4) is 0 Å². The van der Waals surface area contributed by atoms with Gasteiger partial charge in [-0.15, -0.1) is 0 Å². The van der Waals surface area contributed by atoms with E-state index in [1.807, 2.05) is 0 Å². The van der Waals surface area contributed by atoms with Crippen molar-refractivity contribution in [3.8, 4) is 0 Å². The first-order valence-corrected chi connectivity index (χ1v) is 12.4. The molecule has 2 heterocycles. The van der Waals surface area contributed by atoms with Gasteiger partial charge in [-0.25, -0.2) is 0 Å². The topological polar surface area (TPSA) is 49.4 Å². The van der Waals surface area contributed by atoms with E-state index in [1.165, 1.54) is 25.7 Å². The van der Waals surface area contributed by atoms with E-state index < -0.39 is 0 Å². The van der Waals surface area contributed by atoms with Crippen LogP contribution >= 0.6 is 0 Å². The Bertz CT molecular complexity index is 697. The maximum atomic E-state index is 13.7. The molecule has 2 saturated heterocycles. The summed E-state index contributed by atoms with van der Waals surface area (Å²) in [4.78, 5) is 27.9. The molecule has 9 atom stereocenters. The zero-order chi connectivity index (χ0) is 20.6. The van der Waals surface area contributed by atoms with Gasteiger partial charge in [0.05, 0.1) is 0 Å². The third-order valence-corrected chi connectivity index (χ3v) is 10.6. The number of nitrogens with one attached hydrogen (secondary N) is 1. The predicted octanol–water partition coefficient (Wildman–Crippen LogP) is 4.52. The molecule has 3 saturated carbocycles. The standard InChI is InChI=1S/C25H40N2O2/c1-15-5-6-16(2)27(15)23(29)20-9-8-18-17-7-10-21-25(4,14-12-22(28)26-21)19(17)11-13-24(18,20)3/h15-21H,5-14H2,1-4H3,(H,26,28)/t15?,16?,17-,18-,19+,20?,21?,24-,25+/m0/s1. The molecule has 4 nitrogen and oxygen atoms in total. The van der Waals surface area contributed by atoms with Gasteiger partial charge in [-0.1, -0.05) is 13.8 Å². The summed E-state index contributed by atoms with van der Waals surface area (Å²) in [5.74, 6) is 3.12. The highest BCUT2D eigenvalue weighted by Crippen LogP contribution is 2.65. The van der Waals surface area contributed by atoms with Gasteiger partial charge in [0.15, 0.2) is 0 Å². The van der Waals surface area contributed by atoms with Crippen LogP contribution in [-0.4, -0.2) is 34.8 Å². The molecule has 0 bridgehead atoms. The average molecular weight is 401 g/mol. The Morgan fingerprint density at radius 2 is 1.59 bits per heavy atom. The Kier molecular flexibility index (Phi) is 4.61. The highest BCUT2D eigenvalue weighted by molar-refractivity contribution is 5.81. The van der Waals surface area contributed by atoms with Crippen molar-refractivity contribution in [2.45, 2.75) is 110 Å². The molecule has 1 N–H and O–H groups in total. The molecule has 162 valence electrons. The lowest BCUT2D eigenvalue weighted by atomic mass is 9.47. The summed E-state index contributed by atoms with van der Waals surface area (Å²) in [5.41, 5.74) is 0.444. The number of nitrogens with zero attached hydrogens (tertiary/aromatic N) is 1. The maximum absolute atomic E-state index is 13.7. The molecule has 5 fully saturated rings. The molecule has 29 heavy (non-hydrogen) atoms. The Balaban J connectivity index is 1.38. The number of rotatable bonds is 1. The summed E-state index contributed by atoms with van der Waals surface area (Å²) < 4.78 is 0. The normalized spacial score (nSPS) is 51.8. The second kappa shape index (κ2) is 6.72. The zero-order valence-corrected chi connectivity index (χ0v) is 18.9. The fourth-order valence-corrected chi connectivity index (χ4v) is 8.92. The molecule has 2 aliphatic heterocycles. The van der Waals surface area contributed by atoms with Gasteiger partial charge in [0.1, 0.15) is 0 Å². The molecule has 3 aliphatic carbocycles. The molecule has 0 spiro atoms. The highest BCUT2D eigenvalue weighted by Gasteiger charge is 2.62.